The Morgan fingerprint density at radius 3 is 2.27 bits per heavy atom. The minimum atomic E-state index is -1.51. The van der Waals surface area contributed by atoms with Gasteiger partial charge in [-0.1, -0.05) is 13.8 Å². The van der Waals surface area contributed by atoms with Gasteiger partial charge in [0.1, 0.15) is 0 Å². The van der Waals surface area contributed by atoms with Gasteiger partial charge in [0.15, 0.2) is 17.5 Å². The van der Waals surface area contributed by atoms with Crippen molar-refractivity contribution in [1.82, 2.24) is 10.6 Å². The molecule has 0 radical (unpaired) electrons. The Kier molecular flexibility index (Phi) is 6.22. The Balaban J connectivity index is 2.40. The second-order valence-corrected chi connectivity index (χ2v) is 5.74. The molecular weight excluding hydrogens is 297 g/mol. The molecule has 0 aliphatic rings. The largest absolute Gasteiger partial charge is 0.388 e. The lowest BCUT2D eigenvalue weighted by atomic mass is 9.93. The molecule has 0 aliphatic carbocycles. The van der Waals surface area contributed by atoms with Crippen LogP contribution in [0.1, 0.15) is 26.3 Å². The molecule has 0 aliphatic heterocycles. The summed E-state index contributed by atoms with van der Waals surface area (Å²) in [5.41, 5.74) is -0.786. The molecule has 4 nitrogen and oxygen atoms in total. The van der Waals surface area contributed by atoms with Crippen LogP contribution < -0.4 is 10.6 Å². The minimum Gasteiger partial charge on any atom is -0.388 e. The SMILES string of the molecule is CC(C)C(C)(O)CNC(=O)NCCc1cc(F)c(F)c(F)c1. The first kappa shape index (κ1) is 18.3. The number of carbonyl (C=O) groups excluding carboxylic acids is 1. The summed E-state index contributed by atoms with van der Waals surface area (Å²) < 4.78 is 38.8. The highest BCUT2D eigenvalue weighted by Gasteiger charge is 2.25. The van der Waals surface area contributed by atoms with Gasteiger partial charge >= 0.3 is 6.03 Å². The zero-order valence-corrected chi connectivity index (χ0v) is 12.8. The lowest BCUT2D eigenvalue weighted by Crippen LogP contribution is -2.47. The molecule has 1 aromatic rings. The van der Waals surface area contributed by atoms with Crippen LogP contribution in [0.25, 0.3) is 0 Å². The Morgan fingerprint density at radius 2 is 1.77 bits per heavy atom. The van der Waals surface area contributed by atoms with Crippen LogP contribution in [0.4, 0.5) is 18.0 Å². The molecule has 0 saturated carbocycles. The maximum absolute atomic E-state index is 13.0. The van der Waals surface area contributed by atoms with E-state index in [1.165, 1.54) is 0 Å². The monoisotopic (exact) mass is 318 g/mol. The Morgan fingerprint density at radius 1 is 1.23 bits per heavy atom. The fourth-order valence-electron chi connectivity index (χ4n) is 1.60. The Hall–Kier alpha value is -1.76. The van der Waals surface area contributed by atoms with E-state index < -0.39 is 29.1 Å². The van der Waals surface area contributed by atoms with Gasteiger partial charge in [0.2, 0.25) is 0 Å². The highest BCUT2D eigenvalue weighted by atomic mass is 19.2. The van der Waals surface area contributed by atoms with E-state index in [0.29, 0.717) is 0 Å². The first-order valence-electron chi connectivity index (χ1n) is 7.01. The summed E-state index contributed by atoms with van der Waals surface area (Å²) in [5, 5.41) is 15.0. The predicted molar refractivity (Wildman–Crippen MR) is 76.9 cm³/mol. The highest BCUT2D eigenvalue weighted by Crippen LogP contribution is 2.15. The molecule has 0 saturated heterocycles. The first-order valence-corrected chi connectivity index (χ1v) is 7.01. The molecule has 0 aromatic heterocycles. The average molecular weight is 318 g/mol. The minimum absolute atomic E-state index is 0.0297. The van der Waals surface area contributed by atoms with Crippen LogP contribution in [0.5, 0.6) is 0 Å². The lowest BCUT2D eigenvalue weighted by molar-refractivity contribution is 0.0166. The zero-order chi connectivity index (χ0) is 16.9. The molecule has 0 spiro atoms. The number of halogens is 3. The summed E-state index contributed by atoms with van der Waals surface area (Å²) in [4.78, 5) is 11.5. The van der Waals surface area contributed by atoms with Crippen molar-refractivity contribution in [1.29, 1.82) is 0 Å². The van der Waals surface area contributed by atoms with Gasteiger partial charge in [-0.05, 0) is 37.0 Å². The van der Waals surface area contributed by atoms with Gasteiger partial charge in [-0.2, -0.15) is 0 Å². The number of benzene rings is 1. The molecule has 1 aromatic carbocycles. The fourth-order valence-corrected chi connectivity index (χ4v) is 1.60. The second-order valence-electron chi connectivity index (χ2n) is 5.74. The van der Waals surface area contributed by atoms with Crippen molar-refractivity contribution >= 4 is 6.03 Å². The quantitative estimate of drug-likeness (QED) is 0.705. The van der Waals surface area contributed by atoms with Gasteiger partial charge in [-0.15, -0.1) is 0 Å². The summed E-state index contributed by atoms with van der Waals surface area (Å²) in [7, 11) is 0. The number of amides is 2. The van der Waals surface area contributed by atoms with E-state index in [1.807, 2.05) is 13.8 Å². The van der Waals surface area contributed by atoms with E-state index in [9.17, 15) is 23.1 Å². The summed E-state index contributed by atoms with van der Waals surface area (Å²) in [6.45, 7) is 5.48. The number of rotatable bonds is 6. The van der Waals surface area contributed by atoms with Crippen LogP contribution in [-0.4, -0.2) is 29.8 Å². The third kappa shape index (κ3) is 5.22. The zero-order valence-electron chi connectivity index (χ0n) is 12.8. The van der Waals surface area contributed by atoms with Crippen LogP contribution in [0.3, 0.4) is 0 Å². The van der Waals surface area contributed by atoms with Crippen LogP contribution in [-0.2, 0) is 6.42 Å². The topological polar surface area (TPSA) is 61.4 Å². The highest BCUT2D eigenvalue weighted by molar-refractivity contribution is 5.73. The molecule has 1 unspecified atom stereocenters. The number of nitrogens with one attached hydrogen (secondary N) is 2. The van der Waals surface area contributed by atoms with E-state index in [1.54, 1.807) is 6.92 Å². The summed E-state index contributed by atoms with van der Waals surface area (Å²) in [5.74, 6) is -4.05. The van der Waals surface area contributed by atoms with Gasteiger partial charge in [-0.3, -0.25) is 0 Å². The summed E-state index contributed by atoms with van der Waals surface area (Å²) in [6.07, 6.45) is 0.155. The van der Waals surface area contributed by atoms with E-state index in [0.717, 1.165) is 12.1 Å². The number of urea groups is 1. The first-order chi connectivity index (χ1) is 10.1. The average Bonchev–Trinajstić information content (AvgIpc) is 2.42. The van der Waals surface area contributed by atoms with Crippen molar-refractivity contribution in [2.45, 2.75) is 32.8 Å². The van der Waals surface area contributed by atoms with Gasteiger partial charge in [0.05, 0.1) is 5.60 Å². The molecule has 2 amide bonds. The van der Waals surface area contributed by atoms with Crippen molar-refractivity contribution in [3.05, 3.63) is 35.1 Å². The number of hydrogen-bond donors (Lipinski definition) is 3. The third-order valence-electron chi connectivity index (χ3n) is 3.59. The van der Waals surface area contributed by atoms with E-state index in [2.05, 4.69) is 10.6 Å². The molecule has 0 bridgehead atoms. The normalized spacial score (nSPS) is 13.8. The number of aliphatic hydroxyl groups is 1. The Bertz CT molecular complexity index is 511. The van der Waals surface area contributed by atoms with Crippen molar-refractivity contribution in [2.24, 2.45) is 5.92 Å². The summed E-state index contributed by atoms with van der Waals surface area (Å²) >= 11 is 0. The number of carbonyl (C=O) groups is 1. The number of hydrogen-bond acceptors (Lipinski definition) is 2. The van der Waals surface area contributed by atoms with E-state index in [4.69, 9.17) is 0 Å². The van der Waals surface area contributed by atoms with Crippen LogP contribution in [0.2, 0.25) is 0 Å². The molecule has 0 heterocycles. The smallest absolute Gasteiger partial charge is 0.314 e. The van der Waals surface area contributed by atoms with Crippen molar-refractivity contribution in [2.75, 3.05) is 13.1 Å². The van der Waals surface area contributed by atoms with E-state index >= 15 is 0 Å². The van der Waals surface area contributed by atoms with Gasteiger partial charge in [-0.25, -0.2) is 18.0 Å². The van der Waals surface area contributed by atoms with Crippen molar-refractivity contribution in [3.8, 4) is 0 Å². The van der Waals surface area contributed by atoms with Crippen LogP contribution in [0, 0.1) is 23.4 Å². The second kappa shape index (κ2) is 7.49. The maximum Gasteiger partial charge on any atom is 0.314 e. The van der Waals surface area contributed by atoms with Crippen LogP contribution in [0.15, 0.2) is 12.1 Å². The lowest BCUT2D eigenvalue weighted by Gasteiger charge is -2.27. The third-order valence-corrected chi connectivity index (χ3v) is 3.59. The predicted octanol–water partition coefficient (Wildman–Crippen LogP) is 2.35. The molecule has 3 N–H and O–H groups in total. The van der Waals surface area contributed by atoms with Gasteiger partial charge < -0.3 is 15.7 Å². The maximum atomic E-state index is 13.0. The standard InChI is InChI=1S/C15H21F3N2O2/c1-9(2)15(3,22)8-20-14(21)19-5-4-10-6-11(16)13(18)12(17)7-10/h6-7,9,22H,4-5,8H2,1-3H3,(H2,19,20,21). The fraction of sp³-hybridized carbons (Fsp3) is 0.533. The summed E-state index contributed by atoms with van der Waals surface area (Å²) in [6, 6.07) is 1.28. The molecule has 1 rings (SSSR count). The van der Waals surface area contributed by atoms with Gasteiger partial charge in [0, 0.05) is 13.1 Å². The molecule has 0 fully saturated rings. The molecule has 124 valence electrons. The van der Waals surface area contributed by atoms with E-state index in [-0.39, 0.29) is 31.0 Å². The van der Waals surface area contributed by atoms with Crippen molar-refractivity contribution in [3.63, 3.8) is 0 Å². The Labute approximate surface area is 127 Å². The molecule has 1 atom stereocenters. The van der Waals surface area contributed by atoms with Gasteiger partial charge in [0.25, 0.3) is 0 Å². The molecule has 22 heavy (non-hydrogen) atoms. The molecular formula is C15H21F3N2O2. The molecule has 7 heteroatoms. The van der Waals surface area contributed by atoms with Crippen LogP contribution >= 0.6 is 0 Å². The van der Waals surface area contributed by atoms with Crippen molar-refractivity contribution < 1.29 is 23.1 Å².